The van der Waals surface area contributed by atoms with Gasteiger partial charge in [0.2, 0.25) is 0 Å². The normalized spacial score (nSPS) is 16.5. The lowest BCUT2D eigenvalue weighted by Gasteiger charge is -2.15. The van der Waals surface area contributed by atoms with Crippen LogP contribution in [-0.2, 0) is 14.3 Å². The molecule has 0 saturated carbocycles. The van der Waals surface area contributed by atoms with Gasteiger partial charge in [-0.3, -0.25) is 19.3 Å². The number of amides is 2. The Balaban J connectivity index is 2.21. The number of hydrogen-bond donors (Lipinski definition) is 0. The lowest BCUT2D eigenvalue weighted by molar-refractivity contribution is -0.150. The molecule has 0 bridgehead atoms. The Kier molecular flexibility index (Phi) is 7.94. The molecular formula is C19H22BrNO6S. The number of carbonyl (C=O) groups is 3. The second-order valence-electron chi connectivity index (χ2n) is 5.94. The molecule has 1 saturated heterocycles. The number of benzene rings is 1. The van der Waals surface area contributed by atoms with Crippen LogP contribution in [0.5, 0.6) is 11.5 Å². The molecule has 1 heterocycles. The van der Waals surface area contributed by atoms with E-state index < -0.39 is 23.7 Å². The number of esters is 1. The van der Waals surface area contributed by atoms with Gasteiger partial charge in [-0.05, 0) is 71.7 Å². The number of nitrogens with zero attached hydrogens (tertiary/aromatic N) is 1. The van der Waals surface area contributed by atoms with E-state index in [1.54, 1.807) is 25.1 Å². The summed E-state index contributed by atoms with van der Waals surface area (Å²) < 4.78 is 16.7. The highest BCUT2D eigenvalue weighted by Gasteiger charge is 2.37. The summed E-state index contributed by atoms with van der Waals surface area (Å²) in [6.07, 6.45) is 1.97. The van der Waals surface area contributed by atoms with Crippen molar-refractivity contribution < 1.29 is 28.6 Å². The molecule has 2 rings (SSSR count). The minimum Gasteiger partial charge on any atom is -0.493 e. The standard InChI is InChI=1S/C19H22BrNO6S/c1-5-11(3)27-16(22)10-21-18(23)15(28-19(21)24)9-12-7-13(20)17(26-6-2)14(8-12)25-4/h7-9,11H,5-6,10H2,1-4H3/b15-9+/t11-/m1/s1. The fourth-order valence-electron chi connectivity index (χ4n) is 2.37. The third kappa shape index (κ3) is 5.29. The lowest BCUT2D eigenvalue weighted by atomic mass is 10.2. The van der Waals surface area contributed by atoms with Crippen molar-refractivity contribution in [2.75, 3.05) is 20.3 Å². The number of hydrogen-bond acceptors (Lipinski definition) is 7. The van der Waals surface area contributed by atoms with E-state index in [4.69, 9.17) is 14.2 Å². The van der Waals surface area contributed by atoms with Crippen LogP contribution in [0.25, 0.3) is 6.08 Å². The molecule has 0 radical (unpaired) electrons. The number of imide groups is 1. The Bertz CT molecular complexity index is 810. The third-order valence-corrected chi connectivity index (χ3v) is 5.40. The minimum absolute atomic E-state index is 0.222. The first kappa shape index (κ1) is 22.3. The summed E-state index contributed by atoms with van der Waals surface area (Å²) in [5.41, 5.74) is 0.653. The second kappa shape index (κ2) is 9.97. The van der Waals surface area contributed by atoms with Crippen molar-refractivity contribution in [2.45, 2.75) is 33.3 Å². The fraction of sp³-hybridized carbons (Fsp3) is 0.421. The predicted octanol–water partition coefficient (Wildman–Crippen LogP) is 4.23. The van der Waals surface area contributed by atoms with Gasteiger partial charge >= 0.3 is 5.97 Å². The van der Waals surface area contributed by atoms with Gasteiger partial charge in [-0.2, -0.15) is 0 Å². The summed E-state index contributed by atoms with van der Waals surface area (Å²) in [7, 11) is 1.52. The Morgan fingerprint density at radius 2 is 2.04 bits per heavy atom. The largest absolute Gasteiger partial charge is 0.493 e. The highest BCUT2D eigenvalue weighted by atomic mass is 79.9. The van der Waals surface area contributed by atoms with Crippen molar-refractivity contribution >= 4 is 50.9 Å². The molecule has 9 heteroatoms. The highest BCUT2D eigenvalue weighted by molar-refractivity contribution is 9.10. The van der Waals surface area contributed by atoms with Crippen LogP contribution in [0.2, 0.25) is 0 Å². The summed E-state index contributed by atoms with van der Waals surface area (Å²) in [6.45, 7) is 5.57. The fourth-order valence-corrected chi connectivity index (χ4v) is 3.78. The minimum atomic E-state index is -0.608. The van der Waals surface area contributed by atoms with Gasteiger partial charge < -0.3 is 14.2 Å². The number of rotatable bonds is 8. The summed E-state index contributed by atoms with van der Waals surface area (Å²) in [4.78, 5) is 37.8. The topological polar surface area (TPSA) is 82.1 Å². The molecule has 1 fully saturated rings. The molecule has 1 atom stereocenters. The van der Waals surface area contributed by atoms with Gasteiger partial charge in [0.05, 0.1) is 29.2 Å². The van der Waals surface area contributed by atoms with E-state index in [0.29, 0.717) is 34.6 Å². The summed E-state index contributed by atoms with van der Waals surface area (Å²) in [6, 6.07) is 3.47. The van der Waals surface area contributed by atoms with E-state index >= 15 is 0 Å². The van der Waals surface area contributed by atoms with Crippen molar-refractivity contribution in [3.63, 3.8) is 0 Å². The van der Waals surface area contributed by atoms with E-state index in [1.807, 2.05) is 13.8 Å². The monoisotopic (exact) mass is 471 g/mol. The Labute approximate surface area is 176 Å². The molecule has 1 aromatic carbocycles. The molecule has 1 aliphatic heterocycles. The van der Waals surface area contributed by atoms with Gasteiger partial charge in [0, 0.05) is 0 Å². The van der Waals surface area contributed by atoms with Crippen LogP contribution in [0, 0.1) is 0 Å². The van der Waals surface area contributed by atoms with Gasteiger partial charge in [-0.1, -0.05) is 6.92 Å². The predicted molar refractivity (Wildman–Crippen MR) is 110 cm³/mol. The lowest BCUT2D eigenvalue weighted by Crippen LogP contribution is -2.35. The van der Waals surface area contributed by atoms with E-state index in [-0.39, 0.29) is 11.0 Å². The van der Waals surface area contributed by atoms with Gasteiger partial charge in [-0.25, -0.2) is 0 Å². The molecule has 0 aliphatic carbocycles. The molecule has 2 amide bonds. The van der Waals surface area contributed by atoms with Gasteiger partial charge in [0.25, 0.3) is 11.1 Å². The van der Waals surface area contributed by atoms with Crippen LogP contribution in [0.3, 0.4) is 0 Å². The highest BCUT2D eigenvalue weighted by Crippen LogP contribution is 2.39. The van der Waals surface area contributed by atoms with Crippen LogP contribution in [-0.4, -0.2) is 48.4 Å². The van der Waals surface area contributed by atoms with Crippen LogP contribution in [0.1, 0.15) is 32.8 Å². The molecule has 1 aromatic rings. The summed E-state index contributed by atoms with van der Waals surface area (Å²) >= 11 is 4.21. The number of ether oxygens (including phenoxy) is 3. The van der Waals surface area contributed by atoms with Crippen LogP contribution < -0.4 is 9.47 Å². The molecule has 1 aliphatic rings. The molecule has 0 unspecified atom stereocenters. The van der Waals surface area contributed by atoms with E-state index in [0.717, 1.165) is 16.7 Å². The summed E-state index contributed by atoms with van der Waals surface area (Å²) in [5.74, 6) is -0.0784. The molecule has 0 spiro atoms. The zero-order valence-electron chi connectivity index (χ0n) is 16.1. The number of halogens is 1. The van der Waals surface area contributed by atoms with E-state index in [9.17, 15) is 14.4 Å². The maximum Gasteiger partial charge on any atom is 0.326 e. The van der Waals surface area contributed by atoms with Crippen LogP contribution >= 0.6 is 27.7 Å². The number of methoxy groups -OCH3 is 1. The maximum atomic E-state index is 12.6. The molecule has 7 nitrogen and oxygen atoms in total. The van der Waals surface area contributed by atoms with Crippen molar-refractivity contribution in [3.05, 3.63) is 27.1 Å². The quantitative estimate of drug-likeness (QED) is 0.414. The molecule has 28 heavy (non-hydrogen) atoms. The molecular weight excluding hydrogens is 450 g/mol. The van der Waals surface area contributed by atoms with Crippen LogP contribution in [0.15, 0.2) is 21.5 Å². The van der Waals surface area contributed by atoms with E-state index in [1.165, 1.54) is 7.11 Å². The molecule has 152 valence electrons. The zero-order chi connectivity index (χ0) is 20.8. The summed E-state index contributed by atoms with van der Waals surface area (Å²) in [5, 5.41) is -0.505. The number of thioether (sulfide) groups is 1. The molecule has 0 N–H and O–H groups in total. The van der Waals surface area contributed by atoms with Gasteiger partial charge in [0.1, 0.15) is 6.54 Å². The van der Waals surface area contributed by atoms with Gasteiger partial charge in [0.15, 0.2) is 11.5 Å². The first-order valence-electron chi connectivity index (χ1n) is 8.75. The molecule has 0 aromatic heterocycles. The Morgan fingerprint density at radius 3 is 2.64 bits per heavy atom. The first-order chi connectivity index (χ1) is 13.3. The first-order valence-corrected chi connectivity index (χ1v) is 10.4. The SMILES string of the molecule is CCOc1c(Br)cc(/C=C2/SC(=O)N(CC(=O)O[C@H](C)CC)C2=O)cc1OC. The Hall–Kier alpha value is -2.00. The van der Waals surface area contributed by atoms with Crippen LogP contribution in [0.4, 0.5) is 4.79 Å². The average molecular weight is 472 g/mol. The smallest absolute Gasteiger partial charge is 0.326 e. The van der Waals surface area contributed by atoms with Crippen molar-refractivity contribution in [1.29, 1.82) is 0 Å². The van der Waals surface area contributed by atoms with Crippen molar-refractivity contribution in [3.8, 4) is 11.5 Å². The number of carbonyl (C=O) groups excluding carboxylic acids is 3. The van der Waals surface area contributed by atoms with Crippen molar-refractivity contribution in [1.82, 2.24) is 4.90 Å². The Morgan fingerprint density at radius 1 is 1.32 bits per heavy atom. The van der Waals surface area contributed by atoms with E-state index in [2.05, 4.69) is 15.9 Å². The second-order valence-corrected chi connectivity index (χ2v) is 7.79. The third-order valence-electron chi connectivity index (χ3n) is 3.91. The average Bonchev–Trinajstić information content (AvgIpc) is 2.90. The maximum absolute atomic E-state index is 12.6. The van der Waals surface area contributed by atoms with Gasteiger partial charge in [-0.15, -0.1) is 0 Å². The van der Waals surface area contributed by atoms with Crippen molar-refractivity contribution in [2.24, 2.45) is 0 Å². The zero-order valence-corrected chi connectivity index (χ0v) is 18.5.